The molecular weight excluding hydrogens is 196 g/mol. The Hall–Kier alpha value is -0.610. The predicted octanol–water partition coefficient (Wildman–Crippen LogP) is 1.12. The summed E-state index contributed by atoms with van der Waals surface area (Å²) in [6, 6.07) is 0. The predicted molar refractivity (Wildman–Crippen MR) is 55.4 cm³/mol. The van der Waals surface area contributed by atoms with Crippen molar-refractivity contribution in [1.82, 2.24) is 0 Å². The minimum atomic E-state index is -1.35. The lowest BCUT2D eigenvalue weighted by Gasteiger charge is -2.30. The molecule has 1 heterocycles. The minimum Gasteiger partial charge on any atom is -0.464 e. The molecule has 0 aromatic rings. The number of esters is 1. The molecule has 1 aliphatic rings. The maximum Gasteiger partial charge on any atom is 0.338 e. The Morgan fingerprint density at radius 3 is 2.80 bits per heavy atom. The van der Waals surface area contributed by atoms with Crippen LogP contribution in [0.3, 0.4) is 0 Å². The smallest absolute Gasteiger partial charge is 0.338 e. The van der Waals surface area contributed by atoms with Crippen LogP contribution >= 0.6 is 0 Å². The van der Waals surface area contributed by atoms with Crippen molar-refractivity contribution in [3.8, 4) is 0 Å². The van der Waals surface area contributed by atoms with Crippen LogP contribution in [0.4, 0.5) is 0 Å². The molecular formula is C11H20O4. The minimum absolute atomic E-state index is 0.114. The molecule has 1 aliphatic heterocycles. The number of hydrogen-bond acceptors (Lipinski definition) is 4. The zero-order valence-corrected chi connectivity index (χ0v) is 9.49. The SMILES string of the molecule is CCCC(O)(C(=O)OCC)C1CCOC1. The van der Waals surface area contributed by atoms with Gasteiger partial charge in [-0.25, -0.2) is 4.79 Å². The van der Waals surface area contributed by atoms with Crippen LogP contribution in [-0.2, 0) is 14.3 Å². The zero-order chi connectivity index (χ0) is 11.3. The number of carbonyl (C=O) groups is 1. The molecule has 2 atom stereocenters. The van der Waals surface area contributed by atoms with Gasteiger partial charge in [-0.1, -0.05) is 13.3 Å². The molecule has 15 heavy (non-hydrogen) atoms. The highest BCUT2D eigenvalue weighted by Gasteiger charge is 2.45. The summed E-state index contributed by atoms with van der Waals surface area (Å²) in [6.07, 6.45) is 1.93. The largest absolute Gasteiger partial charge is 0.464 e. The third-order valence-corrected chi connectivity index (χ3v) is 2.87. The van der Waals surface area contributed by atoms with Crippen molar-refractivity contribution in [3.63, 3.8) is 0 Å². The molecule has 0 amide bonds. The Morgan fingerprint density at radius 2 is 2.33 bits per heavy atom. The van der Waals surface area contributed by atoms with Crippen LogP contribution in [0.5, 0.6) is 0 Å². The van der Waals surface area contributed by atoms with Gasteiger partial charge in [0.2, 0.25) is 0 Å². The van der Waals surface area contributed by atoms with Gasteiger partial charge in [-0.05, 0) is 19.8 Å². The van der Waals surface area contributed by atoms with Gasteiger partial charge in [-0.15, -0.1) is 0 Å². The van der Waals surface area contributed by atoms with E-state index in [9.17, 15) is 9.90 Å². The Morgan fingerprint density at radius 1 is 1.60 bits per heavy atom. The van der Waals surface area contributed by atoms with Crippen molar-refractivity contribution in [2.24, 2.45) is 5.92 Å². The first-order valence-electron chi connectivity index (χ1n) is 5.62. The van der Waals surface area contributed by atoms with Gasteiger partial charge in [0.05, 0.1) is 13.2 Å². The van der Waals surface area contributed by atoms with Crippen LogP contribution in [0.1, 0.15) is 33.1 Å². The summed E-state index contributed by atoms with van der Waals surface area (Å²) in [7, 11) is 0. The second-order valence-electron chi connectivity index (χ2n) is 3.96. The molecule has 4 nitrogen and oxygen atoms in total. The van der Waals surface area contributed by atoms with Gasteiger partial charge in [0.15, 0.2) is 5.60 Å². The topological polar surface area (TPSA) is 55.8 Å². The van der Waals surface area contributed by atoms with E-state index < -0.39 is 11.6 Å². The maximum atomic E-state index is 11.7. The molecule has 1 rings (SSSR count). The summed E-state index contributed by atoms with van der Waals surface area (Å²) in [4.78, 5) is 11.7. The van der Waals surface area contributed by atoms with Gasteiger partial charge in [0, 0.05) is 12.5 Å². The van der Waals surface area contributed by atoms with Gasteiger partial charge in [0.1, 0.15) is 0 Å². The summed E-state index contributed by atoms with van der Waals surface area (Å²) < 4.78 is 10.1. The number of hydrogen-bond donors (Lipinski definition) is 1. The number of ether oxygens (including phenoxy) is 2. The van der Waals surface area contributed by atoms with Crippen LogP contribution in [0.2, 0.25) is 0 Å². The van der Waals surface area contributed by atoms with Crippen molar-refractivity contribution < 1.29 is 19.4 Å². The molecule has 0 aromatic heterocycles. The molecule has 88 valence electrons. The fourth-order valence-corrected chi connectivity index (χ4v) is 2.02. The Kier molecular flexibility index (Phi) is 4.54. The highest BCUT2D eigenvalue weighted by atomic mass is 16.6. The lowest BCUT2D eigenvalue weighted by Crippen LogP contribution is -2.47. The molecule has 0 spiro atoms. The molecule has 0 aliphatic carbocycles. The lowest BCUT2D eigenvalue weighted by molar-refractivity contribution is -0.172. The van der Waals surface area contributed by atoms with Gasteiger partial charge >= 0.3 is 5.97 Å². The normalized spacial score (nSPS) is 24.9. The van der Waals surface area contributed by atoms with E-state index in [0.717, 1.165) is 12.8 Å². The third kappa shape index (κ3) is 2.69. The molecule has 2 unspecified atom stereocenters. The summed E-state index contributed by atoms with van der Waals surface area (Å²) in [6.45, 7) is 5.07. The first-order valence-corrected chi connectivity index (χ1v) is 5.62. The van der Waals surface area contributed by atoms with E-state index in [-0.39, 0.29) is 5.92 Å². The first kappa shape index (κ1) is 12.5. The van der Waals surface area contributed by atoms with E-state index in [1.165, 1.54) is 0 Å². The van der Waals surface area contributed by atoms with Crippen molar-refractivity contribution >= 4 is 5.97 Å². The quantitative estimate of drug-likeness (QED) is 0.700. The van der Waals surface area contributed by atoms with Gasteiger partial charge in [0.25, 0.3) is 0 Å². The van der Waals surface area contributed by atoms with Crippen LogP contribution in [0.15, 0.2) is 0 Å². The summed E-state index contributed by atoms with van der Waals surface area (Å²) in [5.41, 5.74) is -1.35. The summed E-state index contributed by atoms with van der Waals surface area (Å²) >= 11 is 0. The molecule has 0 saturated carbocycles. The van der Waals surface area contributed by atoms with E-state index in [1.54, 1.807) is 6.92 Å². The van der Waals surface area contributed by atoms with Gasteiger partial charge in [-0.3, -0.25) is 0 Å². The van der Waals surface area contributed by atoms with E-state index >= 15 is 0 Å². The highest BCUT2D eigenvalue weighted by molar-refractivity contribution is 5.79. The number of aliphatic hydroxyl groups is 1. The van der Waals surface area contributed by atoms with E-state index in [1.807, 2.05) is 6.92 Å². The fraction of sp³-hybridized carbons (Fsp3) is 0.909. The zero-order valence-electron chi connectivity index (χ0n) is 9.49. The van der Waals surface area contributed by atoms with E-state index in [2.05, 4.69) is 0 Å². The van der Waals surface area contributed by atoms with Crippen LogP contribution in [0.25, 0.3) is 0 Å². The molecule has 4 heteroatoms. The molecule has 1 saturated heterocycles. The Labute approximate surface area is 90.6 Å². The number of rotatable bonds is 5. The summed E-state index contributed by atoms with van der Waals surface area (Å²) in [5, 5.41) is 10.4. The Balaban J connectivity index is 2.71. The van der Waals surface area contributed by atoms with Gasteiger partial charge in [-0.2, -0.15) is 0 Å². The van der Waals surface area contributed by atoms with E-state index in [4.69, 9.17) is 9.47 Å². The van der Waals surface area contributed by atoms with Crippen LogP contribution < -0.4 is 0 Å². The fourth-order valence-electron chi connectivity index (χ4n) is 2.02. The molecule has 0 aromatic carbocycles. The van der Waals surface area contributed by atoms with E-state index in [0.29, 0.717) is 26.2 Å². The average molecular weight is 216 g/mol. The second kappa shape index (κ2) is 5.47. The molecule has 0 radical (unpaired) electrons. The standard InChI is InChI=1S/C11H20O4/c1-3-6-11(13,10(12)15-4-2)9-5-7-14-8-9/h9,13H,3-8H2,1-2H3. The van der Waals surface area contributed by atoms with Crippen molar-refractivity contribution in [2.75, 3.05) is 19.8 Å². The van der Waals surface area contributed by atoms with Gasteiger partial charge < -0.3 is 14.6 Å². The summed E-state index contributed by atoms with van der Waals surface area (Å²) in [5.74, 6) is -0.612. The maximum absolute atomic E-state index is 11.7. The molecule has 0 bridgehead atoms. The number of carbonyl (C=O) groups excluding carboxylic acids is 1. The van der Waals surface area contributed by atoms with Crippen LogP contribution in [0, 0.1) is 5.92 Å². The highest BCUT2D eigenvalue weighted by Crippen LogP contribution is 2.31. The van der Waals surface area contributed by atoms with Crippen molar-refractivity contribution in [2.45, 2.75) is 38.7 Å². The Bertz CT molecular complexity index is 211. The first-order chi connectivity index (χ1) is 7.15. The monoisotopic (exact) mass is 216 g/mol. The lowest BCUT2D eigenvalue weighted by atomic mass is 9.83. The van der Waals surface area contributed by atoms with Crippen molar-refractivity contribution in [3.05, 3.63) is 0 Å². The molecule has 1 fully saturated rings. The second-order valence-corrected chi connectivity index (χ2v) is 3.96. The third-order valence-electron chi connectivity index (χ3n) is 2.87. The van der Waals surface area contributed by atoms with Crippen molar-refractivity contribution in [1.29, 1.82) is 0 Å². The van der Waals surface area contributed by atoms with Crippen LogP contribution in [-0.4, -0.2) is 36.5 Å². The molecule has 1 N–H and O–H groups in total. The average Bonchev–Trinajstić information content (AvgIpc) is 2.71.